The molecule has 6 atom stereocenters. The number of rotatable bonds is 6. The number of fused-ring (bicyclic) bond motifs is 4. The largest absolute Gasteiger partial charge is 0.508 e. The topological polar surface area (TPSA) is 117 Å². The first-order chi connectivity index (χ1) is 26.2. The smallest absolute Gasteiger partial charge is 0.246 e. The Bertz CT molecular complexity index is 2220. The number of nitrogens with zero attached hydrogens (tertiary/aromatic N) is 3. The summed E-state index contributed by atoms with van der Waals surface area (Å²) in [5.41, 5.74) is 2.14. The fraction of sp³-hybridized carbons (Fsp3) is 0.302. The minimum Gasteiger partial charge on any atom is -0.508 e. The van der Waals surface area contributed by atoms with Crippen LogP contribution in [0.5, 0.6) is 11.5 Å². The number of imide groups is 2. The van der Waals surface area contributed by atoms with Crippen LogP contribution in [0.4, 0.5) is 17.1 Å². The molecule has 0 spiro atoms. The van der Waals surface area contributed by atoms with E-state index in [1.165, 1.54) is 23.0 Å². The lowest BCUT2D eigenvalue weighted by Gasteiger charge is -2.50. The monoisotopic (exact) mass is 743 g/mol. The molecule has 1 N–H and O–H groups in total. The number of carbonyl (C=O) groups excluding carboxylic acids is 4. The number of ether oxygens (including phenoxy) is 2. The second kappa shape index (κ2) is 13.1. The summed E-state index contributed by atoms with van der Waals surface area (Å²) in [7, 11) is 1.50. The molecule has 2 aliphatic carbocycles. The summed E-state index contributed by atoms with van der Waals surface area (Å²) >= 11 is 6.41. The minimum absolute atomic E-state index is 0.102. The number of carbonyl (C=O) groups is 4. The molecule has 0 radical (unpaired) electrons. The zero-order chi connectivity index (χ0) is 37.3. The molecule has 6 unspecified atom stereocenters. The quantitative estimate of drug-likeness (QED) is 0.182. The first-order valence-electron chi connectivity index (χ1n) is 18.3. The number of phenols is 1. The first-order valence-corrected chi connectivity index (χ1v) is 18.7. The maximum absolute atomic E-state index is 15.4. The van der Waals surface area contributed by atoms with Gasteiger partial charge in [0.2, 0.25) is 23.6 Å². The van der Waals surface area contributed by atoms with Crippen LogP contribution in [0.2, 0.25) is 5.02 Å². The molecule has 3 heterocycles. The number of allylic oxidation sites excluding steroid dienone is 2. The van der Waals surface area contributed by atoms with Gasteiger partial charge in [-0.3, -0.25) is 24.1 Å². The normalized spacial score (nSPS) is 27.8. The molecule has 274 valence electrons. The number of halogens is 1. The van der Waals surface area contributed by atoms with Gasteiger partial charge in [0.25, 0.3) is 0 Å². The molecule has 10 nitrogen and oxygen atoms in total. The average molecular weight is 744 g/mol. The van der Waals surface area contributed by atoms with Gasteiger partial charge in [-0.25, -0.2) is 4.90 Å². The molecule has 4 fully saturated rings. The third kappa shape index (κ3) is 5.03. The van der Waals surface area contributed by atoms with Crippen molar-refractivity contribution in [2.75, 3.05) is 48.1 Å². The third-order valence-corrected chi connectivity index (χ3v) is 12.4. The lowest BCUT2D eigenvalue weighted by atomic mass is 9.49. The zero-order valence-corrected chi connectivity index (χ0v) is 30.3. The van der Waals surface area contributed by atoms with Crippen molar-refractivity contribution in [3.05, 3.63) is 125 Å². The lowest BCUT2D eigenvalue weighted by molar-refractivity contribution is -0.127. The van der Waals surface area contributed by atoms with E-state index in [0.717, 1.165) is 24.4 Å². The Morgan fingerprint density at radius 1 is 0.778 bits per heavy atom. The van der Waals surface area contributed by atoms with E-state index in [9.17, 15) is 19.5 Å². The van der Waals surface area contributed by atoms with E-state index in [4.69, 9.17) is 21.1 Å². The summed E-state index contributed by atoms with van der Waals surface area (Å²) < 4.78 is 10.9. The molecule has 0 aromatic heterocycles. The van der Waals surface area contributed by atoms with E-state index >= 15 is 4.79 Å². The number of aromatic hydroxyl groups is 1. The highest BCUT2D eigenvalue weighted by atomic mass is 35.5. The molecule has 3 aliphatic heterocycles. The summed E-state index contributed by atoms with van der Waals surface area (Å²) in [6.45, 7) is 2.79. The van der Waals surface area contributed by atoms with Crippen molar-refractivity contribution in [3.63, 3.8) is 0 Å². The van der Waals surface area contributed by atoms with Crippen LogP contribution in [0.1, 0.15) is 29.9 Å². The second-order valence-corrected chi connectivity index (χ2v) is 15.1. The van der Waals surface area contributed by atoms with Gasteiger partial charge in [0.05, 0.1) is 54.9 Å². The highest BCUT2D eigenvalue weighted by molar-refractivity contribution is 6.32. The van der Waals surface area contributed by atoms with E-state index in [2.05, 4.69) is 4.90 Å². The predicted molar refractivity (Wildman–Crippen MR) is 203 cm³/mol. The summed E-state index contributed by atoms with van der Waals surface area (Å²) in [6, 6.07) is 28.3. The highest BCUT2D eigenvalue weighted by Gasteiger charge is 2.70. The van der Waals surface area contributed by atoms with Crippen LogP contribution in [0, 0.1) is 23.7 Å². The Labute approximate surface area is 317 Å². The Morgan fingerprint density at radius 3 is 2.22 bits per heavy atom. The number of phenolic OH excluding ortho intramolecular Hbond substituents is 1. The number of hydrogen-bond donors (Lipinski definition) is 1. The van der Waals surface area contributed by atoms with Gasteiger partial charge in [0.1, 0.15) is 11.5 Å². The summed E-state index contributed by atoms with van der Waals surface area (Å²) in [6.07, 6.45) is 2.41. The van der Waals surface area contributed by atoms with Crippen LogP contribution in [0.25, 0.3) is 0 Å². The van der Waals surface area contributed by atoms with Crippen molar-refractivity contribution in [3.8, 4) is 11.5 Å². The second-order valence-electron chi connectivity index (χ2n) is 14.6. The van der Waals surface area contributed by atoms with Gasteiger partial charge in [-0.15, -0.1) is 0 Å². The zero-order valence-electron chi connectivity index (χ0n) is 29.6. The fourth-order valence-corrected chi connectivity index (χ4v) is 10.1. The maximum Gasteiger partial charge on any atom is 0.246 e. The standard InChI is InChI=1S/C43H38ClN3O7/c1-53-30-14-15-32(36(48)23-30)38-31-16-17-33-37(41(51)46(39(33)49)28-12-10-27(11-13-28)45-18-20-54-21-19-45)34(31)24-35-40(50)47(29-9-5-8-26(44)22-29)42(52)43(35,38)25-6-3-2-4-7-25/h2-16,22-23,33-35,37-38,48H,17-21,24H2,1H3. The van der Waals surface area contributed by atoms with Gasteiger partial charge in [-0.05, 0) is 72.9 Å². The van der Waals surface area contributed by atoms with Gasteiger partial charge >= 0.3 is 0 Å². The number of hydrogen-bond acceptors (Lipinski definition) is 8. The average Bonchev–Trinajstić information content (AvgIpc) is 3.59. The van der Waals surface area contributed by atoms with Crippen molar-refractivity contribution < 1.29 is 33.8 Å². The molecular weight excluding hydrogens is 706 g/mol. The number of anilines is 3. The van der Waals surface area contributed by atoms with E-state index in [1.54, 1.807) is 36.4 Å². The first kappa shape index (κ1) is 34.3. The van der Waals surface area contributed by atoms with Crippen molar-refractivity contribution in [2.24, 2.45) is 23.7 Å². The van der Waals surface area contributed by atoms with Gasteiger partial charge in [-0.1, -0.05) is 65.7 Å². The van der Waals surface area contributed by atoms with Gasteiger partial charge in [0, 0.05) is 41.3 Å². The number of morpholine rings is 1. The molecule has 4 aromatic rings. The van der Waals surface area contributed by atoms with E-state index < -0.39 is 46.8 Å². The van der Waals surface area contributed by atoms with E-state index in [0.29, 0.717) is 46.5 Å². The Balaban J connectivity index is 1.19. The molecule has 54 heavy (non-hydrogen) atoms. The fourth-order valence-electron chi connectivity index (χ4n) is 9.87. The van der Waals surface area contributed by atoms with Gasteiger partial charge < -0.3 is 19.5 Å². The Hall–Kier alpha value is -5.45. The number of methoxy groups -OCH3 is 1. The predicted octanol–water partition coefficient (Wildman–Crippen LogP) is 6.26. The van der Waals surface area contributed by atoms with Crippen LogP contribution in [0.15, 0.2) is 109 Å². The van der Waals surface area contributed by atoms with E-state index in [1.807, 2.05) is 60.7 Å². The third-order valence-electron chi connectivity index (χ3n) is 12.2. The summed E-state index contributed by atoms with van der Waals surface area (Å²) in [4.78, 5) is 64.0. The summed E-state index contributed by atoms with van der Waals surface area (Å²) in [5.74, 6) is -4.92. The van der Waals surface area contributed by atoms with Crippen molar-refractivity contribution in [2.45, 2.75) is 24.2 Å². The van der Waals surface area contributed by atoms with Crippen LogP contribution >= 0.6 is 11.6 Å². The molecular formula is C43H38ClN3O7. The molecule has 4 amide bonds. The molecule has 4 aromatic carbocycles. The SMILES string of the molecule is COc1ccc(C2C3=CCC4C(=O)N(c5ccc(N6CCOCC6)cc5)C(=O)C4C3CC3C(=O)N(c4cccc(Cl)c4)C(=O)C32c2ccccc2)c(O)c1. The van der Waals surface area contributed by atoms with Crippen molar-refractivity contribution in [1.29, 1.82) is 0 Å². The molecule has 0 bridgehead atoms. The molecule has 9 rings (SSSR count). The van der Waals surface area contributed by atoms with Crippen molar-refractivity contribution >= 4 is 52.3 Å². The molecule has 11 heteroatoms. The molecule has 5 aliphatic rings. The number of benzene rings is 4. The van der Waals surface area contributed by atoms with Gasteiger partial charge in [-0.2, -0.15) is 0 Å². The van der Waals surface area contributed by atoms with E-state index in [-0.39, 0.29) is 30.4 Å². The Morgan fingerprint density at radius 2 is 1.52 bits per heavy atom. The number of amides is 4. The van der Waals surface area contributed by atoms with Gasteiger partial charge in [0.15, 0.2) is 0 Å². The molecule has 1 saturated carbocycles. The minimum atomic E-state index is -1.50. The highest BCUT2D eigenvalue weighted by Crippen LogP contribution is 2.65. The van der Waals surface area contributed by atoms with Crippen molar-refractivity contribution in [1.82, 2.24) is 0 Å². The lowest BCUT2D eigenvalue weighted by Crippen LogP contribution is -2.53. The molecule has 3 saturated heterocycles. The van der Waals surface area contributed by atoms with Crippen LogP contribution in [0.3, 0.4) is 0 Å². The van der Waals surface area contributed by atoms with Crippen LogP contribution in [-0.2, 0) is 29.3 Å². The summed E-state index contributed by atoms with van der Waals surface area (Å²) in [5, 5.41) is 12.1. The van der Waals surface area contributed by atoms with Crippen LogP contribution < -0.4 is 19.4 Å². The Kier molecular flexibility index (Phi) is 8.35. The van der Waals surface area contributed by atoms with Crippen LogP contribution in [-0.4, -0.2) is 62.1 Å². The maximum atomic E-state index is 15.4.